The predicted octanol–water partition coefficient (Wildman–Crippen LogP) is 4.38. The van der Waals surface area contributed by atoms with Crippen LogP contribution >= 0.6 is 0 Å². The van der Waals surface area contributed by atoms with Crippen molar-refractivity contribution in [1.82, 2.24) is 10.2 Å². The summed E-state index contributed by atoms with van der Waals surface area (Å²) in [7, 11) is 0. The summed E-state index contributed by atoms with van der Waals surface area (Å²) in [6.07, 6.45) is 4.73. The maximum Gasteiger partial charge on any atom is 0.261 e. The zero-order valence-electron chi connectivity index (χ0n) is 18.3. The van der Waals surface area contributed by atoms with Crippen molar-refractivity contribution in [2.75, 3.05) is 6.61 Å². The molecular weight excluding hydrogens is 395 g/mol. The Morgan fingerprint density at radius 3 is 2.35 bits per heavy atom. The van der Waals surface area contributed by atoms with Gasteiger partial charge in [0.15, 0.2) is 6.61 Å². The summed E-state index contributed by atoms with van der Waals surface area (Å²) >= 11 is 0. The van der Waals surface area contributed by atoms with E-state index in [9.17, 15) is 14.0 Å². The van der Waals surface area contributed by atoms with Crippen molar-refractivity contribution < 1.29 is 18.7 Å². The highest BCUT2D eigenvalue weighted by Crippen LogP contribution is 2.20. The molecule has 166 valence electrons. The van der Waals surface area contributed by atoms with Gasteiger partial charge in [0.05, 0.1) is 0 Å². The molecule has 0 aromatic heterocycles. The molecule has 0 saturated heterocycles. The van der Waals surface area contributed by atoms with Gasteiger partial charge in [-0.05, 0) is 56.0 Å². The molecule has 1 aliphatic carbocycles. The quantitative estimate of drug-likeness (QED) is 0.647. The third kappa shape index (κ3) is 6.54. The minimum atomic E-state index is -0.578. The molecule has 1 aliphatic rings. The summed E-state index contributed by atoms with van der Waals surface area (Å²) in [6, 6.07) is 13.1. The first-order valence-electron chi connectivity index (χ1n) is 11.0. The predicted molar refractivity (Wildman–Crippen MR) is 118 cm³/mol. The Balaban J connectivity index is 1.74. The first kappa shape index (κ1) is 22.8. The summed E-state index contributed by atoms with van der Waals surface area (Å²) in [5, 5.41) is 3.12. The average molecular weight is 427 g/mol. The molecule has 0 unspecified atom stereocenters. The number of nitrogens with one attached hydrogen (secondary N) is 1. The van der Waals surface area contributed by atoms with Crippen molar-refractivity contribution in [2.45, 2.75) is 64.6 Å². The zero-order chi connectivity index (χ0) is 22.2. The number of ether oxygens (including phenoxy) is 1. The van der Waals surface area contributed by atoms with Crippen molar-refractivity contribution in [3.05, 3.63) is 65.5 Å². The van der Waals surface area contributed by atoms with Crippen LogP contribution in [0.5, 0.6) is 5.75 Å². The molecule has 1 atom stereocenters. The summed E-state index contributed by atoms with van der Waals surface area (Å²) in [6.45, 7) is 4.02. The number of carbonyl (C=O) groups excluding carboxylic acids is 2. The second-order valence-electron chi connectivity index (χ2n) is 8.16. The van der Waals surface area contributed by atoms with Crippen molar-refractivity contribution in [2.24, 2.45) is 0 Å². The molecule has 3 rings (SSSR count). The van der Waals surface area contributed by atoms with Crippen LogP contribution in [0.25, 0.3) is 0 Å². The molecule has 31 heavy (non-hydrogen) atoms. The Hall–Kier alpha value is -2.89. The maximum atomic E-state index is 13.1. The Morgan fingerprint density at radius 2 is 1.74 bits per heavy atom. The molecule has 1 saturated carbocycles. The monoisotopic (exact) mass is 426 g/mol. The molecule has 0 bridgehead atoms. The van der Waals surface area contributed by atoms with Crippen molar-refractivity contribution in [3.8, 4) is 5.75 Å². The molecule has 2 aromatic rings. The van der Waals surface area contributed by atoms with Crippen LogP contribution in [0.2, 0.25) is 0 Å². The van der Waals surface area contributed by atoms with Crippen LogP contribution < -0.4 is 10.1 Å². The molecule has 2 aromatic carbocycles. The first-order valence-corrected chi connectivity index (χ1v) is 11.0. The van der Waals surface area contributed by atoms with E-state index < -0.39 is 6.04 Å². The Morgan fingerprint density at radius 1 is 1.10 bits per heavy atom. The SMILES string of the molecule is CC[C@H](C(=O)NC1CCCC1)N(Cc1ccc(C)cc1)C(=O)COc1ccc(F)cc1. The molecule has 0 radical (unpaired) electrons. The van der Waals surface area contributed by atoms with Crippen LogP contribution in [0.3, 0.4) is 0 Å². The standard InChI is InChI=1S/C25H31FN2O3/c1-3-23(25(30)27-21-6-4-5-7-21)28(16-19-10-8-18(2)9-11-19)24(29)17-31-22-14-12-20(26)13-15-22/h8-15,21,23H,3-7,16-17H2,1-2H3,(H,27,30)/t23-/m1/s1. The second-order valence-corrected chi connectivity index (χ2v) is 8.16. The van der Waals surface area contributed by atoms with Gasteiger partial charge in [-0.2, -0.15) is 0 Å². The number of hydrogen-bond acceptors (Lipinski definition) is 3. The van der Waals surface area contributed by atoms with Crippen molar-refractivity contribution >= 4 is 11.8 Å². The number of aryl methyl sites for hydroxylation is 1. The number of rotatable bonds is 9. The van der Waals surface area contributed by atoms with E-state index in [4.69, 9.17) is 4.74 Å². The smallest absolute Gasteiger partial charge is 0.261 e. The highest BCUT2D eigenvalue weighted by Gasteiger charge is 2.30. The number of benzene rings is 2. The van der Waals surface area contributed by atoms with Gasteiger partial charge in [-0.25, -0.2) is 4.39 Å². The fraction of sp³-hybridized carbons (Fsp3) is 0.440. The summed E-state index contributed by atoms with van der Waals surface area (Å²) in [5.74, 6) is -0.349. The molecule has 0 spiro atoms. The molecule has 1 N–H and O–H groups in total. The number of hydrogen-bond donors (Lipinski definition) is 1. The van der Waals surface area contributed by atoms with Crippen LogP contribution in [-0.2, 0) is 16.1 Å². The largest absolute Gasteiger partial charge is 0.484 e. The van der Waals surface area contributed by atoms with E-state index in [1.54, 1.807) is 4.90 Å². The van der Waals surface area contributed by atoms with Gasteiger partial charge in [-0.15, -0.1) is 0 Å². The zero-order valence-corrected chi connectivity index (χ0v) is 18.3. The van der Waals surface area contributed by atoms with Gasteiger partial charge in [-0.3, -0.25) is 9.59 Å². The number of halogens is 1. The first-order chi connectivity index (χ1) is 15.0. The van der Waals surface area contributed by atoms with E-state index in [-0.39, 0.29) is 30.3 Å². The lowest BCUT2D eigenvalue weighted by Crippen LogP contribution is -2.52. The molecule has 1 fully saturated rings. The number of carbonyl (C=O) groups is 2. The summed E-state index contributed by atoms with van der Waals surface area (Å²) < 4.78 is 18.7. The lowest BCUT2D eigenvalue weighted by molar-refractivity contribution is -0.143. The van der Waals surface area contributed by atoms with Gasteiger partial charge in [0, 0.05) is 12.6 Å². The van der Waals surface area contributed by atoms with Gasteiger partial charge in [-0.1, -0.05) is 49.6 Å². The molecule has 0 heterocycles. The lowest BCUT2D eigenvalue weighted by Gasteiger charge is -2.31. The summed E-state index contributed by atoms with van der Waals surface area (Å²) in [4.78, 5) is 27.8. The van der Waals surface area contributed by atoms with Crippen molar-refractivity contribution in [1.29, 1.82) is 0 Å². The number of amides is 2. The maximum absolute atomic E-state index is 13.1. The van der Waals surface area contributed by atoms with E-state index in [1.807, 2.05) is 38.1 Å². The van der Waals surface area contributed by atoms with Crippen molar-refractivity contribution in [3.63, 3.8) is 0 Å². The highest BCUT2D eigenvalue weighted by atomic mass is 19.1. The Bertz CT molecular complexity index is 861. The molecule has 2 amide bonds. The molecule has 0 aliphatic heterocycles. The summed E-state index contributed by atoms with van der Waals surface area (Å²) in [5.41, 5.74) is 2.08. The van der Waals surface area contributed by atoms with Crippen LogP contribution in [0.1, 0.15) is 50.2 Å². The van der Waals surface area contributed by atoms with Gasteiger partial charge in [0.2, 0.25) is 5.91 Å². The Kier molecular flexibility index (Phi) is 8.04. The van der Waals surface area contributed by atoms with E-state index in [2.05, 4.69) is 5.32 Å². The number of nitrogens with zero attached hydrogens (tertiary/aromatic N) is 1. The van der Waals surface area contributed by atoms with Gasteiger partial charge in [0.25, 0.3) is 5.91 Å². The fourth-order valence-corrected chi connectivity index (χ4v) is 3.94. The molecule has 6 heteroatoms. The van der Waals surface area contributed by atoms with Crippen LogP contribution in [-0.4, -0.2) is 35.4 Å². The van der Waals surface area contributed by atoms with Crippen LogP contribution in [0.15, 0.2) is 48.5 Å². The van der Waals surface area contributed by atoms with Gasteiger partial charge < -0.3 is 15.0 Å². The van der Waals surface area contributed by atoms with E-state index in [1.165, 1.54) is 24.3 Å². The molecular formula is C25H31FN2O3. The topological polar surface area (TPSA) is 58.6 Å². The Labute approximate surface area is 183 Å². The third-order valence-electron chi connectivity index (χ3n) is 5.74. The normalized spacial score (nSPS) is 14.8. The van der Waals surface area contributed by atoms with Crippen LogP contribution in [0, 0.1) is 12.7 Å². The van der Waals surface area contributed by atoms with Gasteiger partial charge >= 0.3 is 0 Å². The van der Waals surface area contributed by atoms with Gasteiger partial charge in [0.1, 0.15) is 17.6 Å². The average Bonchev–Trinajstić information content (AvgIpc) is 3.27. The minimum Gasteiger partial charge on any atom is -0.484 e. The minimum absolute atomic E-state index is 0.114. The van der Waals surface area contributed by atoms with Crippen LogP contribution in [0.4, 0.5) is 4.39 Å². The molecule has 5 nitrogen and oxygen atoms in total. The van der Waals surface area contributed by atoms with E-state index >= 15 is 0 Å². The van der Waals surface area contributed by atoms with E-state index in [0.29, 0.717) is 18.7 Å². The fourth-order valence-electron chi connectivity index (χ4n) is 3.94. The highest BCUT2D eigenvalue weighted by molar-refractivity contribution is 5.88. The van der Waals surface area contributed by atoms with E-state index in [0.717, 1.165) is 36.8 Å². The lowest BCUT2D eigenvalue weighted by atomic mass is 10.1. The second kappa shape index (κ2) is 10.9. The third-order valence-corrected chi connectivity index (χ3v) is 5.74.